The van der Waals surface area contributed by atoms with E-state index in [1.54, 1.807) is 0 Å². The third-order valence-electron chi connectivity index (χ3n) is 3.75. The SMILES string of the molecule is CCNC(=NCCCc1ccccc1)NCCNC(=O)C1CC1. The summed E-state index contributed by atoms with van der Waals surface area (Å²) in [5, 5.41) is 9.44. The van der Waals surface area contributed by atoms with Crippen molar-refractivity contribution in [1.82, 2.24) is 16.0 Å². The van der Waals surface area contributed by atoms with Crippen molar-refractivity contribution in [2.45, 2.75) is 32.6 Å². The lowest BCUT2D eigenvalue weighted by Gasteiger charge is -2.11. The summed E-state index contributed by atoms with van der Waals surface area (Å²) in [6.07, 6.45) is 4.16. The number of amides is 1. The van der Waals surface area contributed by atoms with E-state index in [2.05, 4.69) is 52.1 Å². The Hall–Kier alpha value is -2.04. The van der Waals surface area contributed by atoms with E-state index in [1.165, 1.54) is 5.56 Å². The number of carbonyl (C=O) groups excluding carboxylic acids is 1. The van der Waals surface area contributed by atoms with Gasteiger partial charge in [0, 0.05) is 32.1 Å². The third-order valence-corrected chi connectivity index (χ3v) is 3.75. The smallest absolute Gasteiger partial charge is 0.223 e. The van der Waals surface area contributed by atoms with Gasteiger partial charge in [-0.3, -0.25) is 9.79 Å². The number of benzene rings is 1. The van der Waals surface area contributed by atoms with Gasteiger partial charge < -0.3 is 16.0 Å². The van der Waals surface area contributed by atoms with Gasteiger partial charge in [0.15, 0.2) is 5.96 Å². The van der Waals surface area contributed by atoms with E-state index in [9.17, 15) is 4.79 Å². The quantitative estimate of drug-likeness (QED) is 0.369. The summed E-state index contributed by atoms with van der Waals surface area (Å²) < 4.78 is 0. The fourth-order valence-corrected chi connectivity index (χ4v) is 2.32. The molecule has 23 heavy (non-hydrogen) atoms. The molecule has 1 amide bonds. The van der Waals surface area contributed by atoms with Gasteiger partial charge in [-0.2, -0.15) is 0 Å². The average molecular weight is 316 g/mol. The van der Waals surface area contributed by atoms with Gasteiger partial charge in [-0.05, 0) is 38.2 Å². The van der Waals surface area contributed by atoms with Gasteiger partial charge in [0.05, 0.1) is 0 Å². The molecule has 0 unspecified atom stereocenters. The molecule has 1 saturated carbocycles. The summed E-state index contributed by atoms with van der Waals surface area (Å²) >= 11 is 0. The van der Waals surface area contributed by atoms with E-state index in [4.69, 9.17) is 0 Å². The number of hydrogen-bond donors (Lipinski definition) is 3. The second-order valence-corrected chi connectivity index (χ2v) is 5.84. The van der Waals surface area contributed by atoms with Gasteiger partial charge in [0.25, 0.3) is 0 Å². The lowest BCUT2D eigenvalue weighted by molar-refractivity contribution is -0.122. The van der Waals surface area contributed by atoms with Gasteiger partial charge in [-0.1, -0.05) is 30.3 Å². The van der Waals surface area contributed by atoms with Crippen LogP contribution < -0.4 is 16.0 Å². The fraction of sp³-hybridized carbons (Fsp3) is 0.556. The zero-order valence-corrected chi connectivity index (χ0v) is 14.0. The van der Waals surface area contributed by atoms with E-state index < -0.39 is 0 Å². The molecular formula is C18H28N4O. The number of aliphatic imine (C=N–C) groups is 1. The van der Waals surface area contributed by atoms with E-state index >= 15 is 0 Å². The highest BCUT2D eigenvalue weighted by Crippen LogP contribution is 2.28. The topological polar surface area (TPSA) is 65.5 Å². The Morgan fingerprint density at radius 3 is 2.57 bits per heavy atom. The van der Waals surface area contributed by atoms with Crippen LogP contribution in [-0.2, 0) is 11.2 Å². The molecule has 0 saturated heterocycles. The van der Waals surface area contributed by atoms with Crippen LogP contribution in [0.2, 0.25) is 0 Å². The van der Waals surface area contributed by atoms with Gasteiger partial charge in [-0.25, -0.2) is 0 Å². The number of hydrogen-bond acceptors (Lipinski definition) is 2. The van der Waals surface area contributed by atoms with Crippen LogP contribution in [0.25, 0.3) is 0 Å². The van der Waals surface area contributed by atoms with Gasteiger partial charge in [-0.15, -0.1) is 0 Å². The Labute approximate surface area is 139 Å². The van der Waals surface area contributed by atoms with Crippen LogP contribution in [0.1, 0.15) is 31.7 Å². The van der Waals surface area contributed by atoms with Crippen LogP contribution in [0, 0.1) is 5.92 Å². The molecule has 3 N–H and O–H groups in total. The minimum absolute atomic E-state index is 0.191. The summed E-state index contributed by atoms with van der Waals surface area (Å²) in [7, 11) is 0. The zero-order chi connectivity index (χ0) is 16.3. The monoisotopic (exact) mass is 316 g/mol. The number of aryl methyl sites for hydroxylation is 1. The Kier molecular flexibility index (Phi) is 7.43. The number of nitrogens with zero attached hydrogens (tertiary/aromatic N) is 1. The average Bonchev–Trinajstić information content (AvgIpc) is 3.41. The standard InChI is InChI=1S/C18H28N4O/c1-2-19-18(22-14-13-20-17(23)16-10-11-16)21-12-6-9-15-7-4-3-5-8-15/h3-5,7-8,16H,2,6,9-14H2,1H3,(H,20,23)(H2,19,21,22). The maximum atomic E-state index is 11.5. The molecule has 1 aliphatic carbocycles. The summed E-state index contributed by atoms with van der Waals surface area (Å²) in [5.41, 5.74) is 1.35. The fourth-order valence-electron chi connectivity index (χ4n) is 2.32. The maximum absolute atomic E-state index is 11.5. The summed E-state index contributed by atoms with van der Waals surface area (Å²) in [4.78, 5) is 16.1. The van der Waals surface area contributed by atoms with Gasteiger partial charge in [0.1, 0.15) is 0 Å². The van der Waals surface area contributed by atoms with Gasteiger partial charge in [0.2, 0.25) is 5.91 Å². The van der Waals surface area contributed by atoms with Crippen LogP contribution in [0.5, 0.6) is 0 Å². The first-order valence-electron chi connectivity index (χ1n) is 8.63. The molecule has 0 radical (unpaired) electrons. The van der Waals surface area contributed by atoms with Crippen LogP contribution in [0.15, 0.2) is 35.3 Å². The Morgan fingerprint density at radius 2 is 1.87 bits per heavy atom. The molecule has 0 spiro atoms. The first kappa shape index (κ1) is 17.3. The highest BCUT2D eigenvalue weighted by Gasteiger charge is 2.28. The lowest BCUT2D eigenvalue weighted by Crippen LogP contribution is -2.41. The van der Waals surface area contributed by atoms with Crippen LogP contribution in [0.4, 0.5) is 0 Å². The summed E-state index contributed by atoms with van der Waals surface area (Å²) in [5.74, 6) is 1.28. The minimum atomic E-state index is 0.191. The van der Waals surface area contributed by atoms with Crippen molar-refractivity contribution >= 4 is 11.9 Å². The first-order chi connectivity index (χ1) is 11.3. The lowest BCUT2D eigenvalue weighted by atomic mass is 10.1. The predicted octanol–water partition coefficient (Wildman–Crippen LogP) is 1.70. The van der Waals surface area contributed by atoms with E-state index in [1.807, 2.05) is 6.07 Å². The molecule has 2 rings (SSSR count). The molecule has 0 aromatic heterocycles. The molecule has 126 valence electrons. The second kappa shape index (κ2) is 9.87. The highest BCUT2D eigenvalue weighted by atomic mass is 16.2. The van der Waals surface area contributed by atoms with E-state index in [0.717, 1.165) is 44.7 Å². The molecule has 0 aliphatic heterocycles. The number of nitrogens with one attached hydrogen (secondary N) is 3. The second-order valence-electron chi connectivity index (χ2n) is 5.84. The van der Waals surface area contributed by atoms with Crippen molar-refractivity contribution in [3.63, 3.8) is 0 Å². The van der Waals surface area contributed by atoms with Crippen molar-refractivity contribution in [3.05, 3.63) is 35.9 Å². The van der Waals surface area contributed by atoms with Crippen LogP contribution >= 0.6 is 0 Å². The first-order valence-corrected chi connectivity index (χ1v) is 8.63. The Balaban J connectivity index is 1.61. The molecule has 1 aliphatic rings. The number of rotatable bonds is 9. The predicted molar refractivity (Wildman–Crippen MR) is 94.5 cm³/mol. The summed E-state index contributed by atoms with van der Waals surface area (Å²) in [6.45, 7) is 5.01. The Morgan fingerprint density at radius 1 is 1.13 bits per heavy atom. The highest BCUT2D eigenvalue weighted by molar-refractivity contribution is 5.81. The maximum Gasteiger partial charge on any atom is 0.223 e. The van der Waals surface area contributed by atoms with Crippen LogP contribution in [-0.4, -0.2) is 38.0 Å². The molecular weight excluding hydrogens is 288 g/mol. The van der Waals surface area contributed by atoms with E-state index in [0.29, 0.717) is 13.1 Å². The largest absolute Gasteiger partial charge is 0.357 e. The van der Waals surface area contributed by atoms with Crippen molar-refractivity contribution in [3.8, 4) is 0 Å². The number of carbonyl (C=O) groups is 1. The molecule has 0 atom stereocenters. The normalized spacial score (nSPS) is 14.4. The molecule has 5 nitrogen and oxygen atoms in total. The zero-order valence-electron chi connectivity index (χ0n) is 14.0. The minimum Gasteiger partial charge on any atom is -0.357 e. The van der Waals surface area contributed by atoms with Crippen molar-refractivity contribution in [1.29, 1.82) is 0 Å². The van der Waals surface area contributed by atoms with Crippen LogP contribution in [0.3, 0.4) is 0 Å². The molecule has 0 heterocycles. The van der Waals surface area contributed by atoms with E-state index in [-0.39, 0.29) is 11.8 Å². The molecule has 1 fully saturated rings. The molecule has 1 aromatic rings. The molecule has 5 heteroatoms. The van der Waals surface area contributed by atoms with Gasteiger partial charge >= 0.3 is 0 Å². The molecule has 0 bridgehead atoms. The van der Waals surface area contributed by atoms with Crippen molar-refractivity contribution in [2.75, 3.05) is 26.2 Å². The van der Waals surface area contributed by atoms with Crippen molar-refractivity contribution in [2.24, 2.45) is 10.9 Å². The third kappa shape index (κ3) is 7.17. The Bertz CT molecular complexity index is 497. The molecule has 1 aromatic carbocycles. The van der Waals surface area contributed by atoms with Crippen molar-refractivity contribution < 1.29 is 4.79 Å². The summed E-state index contributed by atoms with van der Waals surface area (Å²) in [6, 6.07) is 10.5. The number of guanidine groups is 1.